The van der Waals surface area contributed by atoms with Crippen LogP contribution in [0.15, 0.2) is 24.3 Å². The van der Waals surface area contributed by atoms with Crippen LogP contribution in [0.1, 0.15) is 19.3 Å². The number of methoxy groups -OCH3 is 1. The average Bonchev–Trinajstić information content (AvgIpc) is 2.02. The second kappa shape index (κ2) is 4.75. The van der Waals surface area contributed by atoms with E-state index in [0.717, 1.165) is 19.3 Å². The summed E-state index contributed by atoms with van der Waals surface area (Å²) in [7, 11) is 1.43. The Kier molecular flexibility index (Phi) is 3.58. The fraction of sp³-hybridized carbons (Fsp3) is 0.500. The van der Waals surface area contributed by atoms with Crippen molar-refractivity contribution in [2.24, 2.45) is 5.92 Å². The number of hydrogen-bond acceptors (Lipinski definition) is 2. The lowest BCUT2D eigenvalue weighted by atomic mass is 10.0. The summed E-state index contributed by atoms with van der Waals surface area (Å²) in [4.78, 5) is 11.1. The van der Waals surface area contributed by atoms with Crippen molar-refractivity contribution in [3.8, 4) is 0 Å². The Balaban J connectivity index is 2.55. The zero-order chi connectivity index (χ0) is 8.81. The Morgan fingerprint density at radius 1 is 1.33 bits per heavy atom. The van der Waals surface area contributed by atoms with Crippen molar-refractivity contribution in [1.29, 1.82) is 0 Å². The van der Waals surface area contributed by atoms with Gasteiger partial charge in [0.25, 0.3) is 0 Å². The van der Waals surface area contributed by atoms with Gasteiger partial charge in [0, 0.05) is 0 Å². The van der Waals surface area contributed by atoms with Crippen molar-refractivity contribution in [1.82, 2.24) is 0 Å². The van der Waals surface area contributed by atoms with Crippen LogP contribution in [0.2, 0.25) is 0 Å². The second-order valence-corrected chi connectivity index (χ2v) is 2.84. The lowest BCUT2D eigenvalue weighted by Crippen LogP contribution is -2.13. The minimum absolute atomic E-state index is 0.0773. The molecule has 0 heterocycles. The van der Waals surface area contributed by atoms with Gasteiger partial charge in [0.15, 0.2) is 0 Å². The van der Waals surface area contributed by atoms with E-state index >= 15 is 0 Å². The van der Waals surface area contributed by atoms with E-state index in [1.807, 2.05) is 18.2 Å². The zero-order valence-corrected chi connectivity index (χ0v) is 7.32. The van der Waals surface area contributed by atoms with E-state index in [-0.39, 0.29) is 11.9 Å². The summed E-state index contributed by atoms with van der Waals surface area (Å²) in [6.07, 6.45) is 11.0. The number of hydrogen-bond donors (Lipinski definition) is 0. The van der Waals surface area contributed by atoms with Gasteiger partial charge in [0.05, 0.1) is 13.0 Å². The van der Waals surface area contributed by atoms with E-state index < -0.39 is 0 Å². The van der Waals surface area contributed by atoms with Gasteiger partial charge in [-0.15, -0.1) is 0 Å². The number of esters is 1. The first-order valence-electron chi connectivity index (χ1n) is 4.24. The monoisotopic (exact) mass is 166 g/mol. The average molecular weight is 166 g/mol. The molecule has 0 amide bonds. The maximum Gasteiger partial charge on any atom is 0.312 e. The highest BCUT2D eigenvalue weighted by Crippen LogP contribution is 2.12. The Labute approximate surface area is 72.9 Å². The smallest absolute Gasteiger partial charge is 0.312 e. The van der Waals surface area contributed by atoms with Gasteiger partial charge >= 0.3 is 5.97 Å². The first-order chi connectivity index (χ1) is 5.84. The molecule has 0 aromatic heterocycles. The van der Waals surface area contributed by atoms with Gasteiger partial charge < -0.3 is 4.74 Å². The number of rotatable bonds is 1. The van der Waals surface area contributed by atoms with E-state index in [9.17, 15) is 4.79 Å². The fourth-order valence-electron chi connectivity index (χ4n) is 1.22. The molecule has 0 aliphatic heterocycles. The Bertz CT molecular complexity index is 204. The highest BCUT2D eigenvalue weighted by molar-refractivity contribution is 5.74. The maximum absolute atomic E-state index is 11.1. The molecule has 0 radical (unpaired) electrons. The normalized spacial score (nSPS) is 28.2. The molecule has 1 atom stereocenters. The molecular formula is C10H14O2. The van der Waals surface area contributed by atoms with Crippen LogP contribution < -0.4 is 0 Å². The topological polar surface area (TPSA) is 26.3 Å². The zero-order valence-electron chi connectivity index (χ0n) is 7.32. The molecule has 0 N–H and O–H groups in total. The van der Waals surface area contributed by atoms with E-state index in [1.165, 1.54) is 7.11 Å². The Morgan fingerprint density at radius 2 is 2.08 bits per heavy atom. The molecule has 1 aliphatic carbocycles. The van der Waals surface area contributed by atoms with Crippen LogP contribution in [0.4, 0.5) is 0 Å². The molecule has 2 heteroatoms. The standard InChI is InChI=1S/C10H14O2/c1-12-10(11)9-7-5-3-2-4-6-8-9/h3,5-6,8-9H,2,4,7H2,1H3/b5-3-,8-6-. The van der Waals surface area contributed by atoms with Crippen LogP contribution in [0.3, 0.4) is 0 Å². The van der Waals surface area contributed by atoms with Crippen molar-refractivity contribution in [2.45, 2.75) is 19.3 Å². The van der Waals surface area contributed by atoms with Crippen LogP contribution in [0, 0.1) is 5.92 Å². The molecular weight excluding hydrogens is 152 g/mol. The summed E-state index contributed by atoms with van der Waals surface area (Å²) in [5.74, 6) is -0.218. The molecule has 66 valence electrons. The van der Waals surface area contributed by atoms with Crippen molar-refractivity contribution in [2.75, 3.05) is 7.11 Å². The van der Waals surface area contributed by atoms with E-state index in [0.29, 0.717) is 0 Å². The predicted octanol–water partition coefficient (Wildman–Crippen LogP) is 2.07. The van der Waals surface area contributed by atoms with E-state index in [1.54, 1.807) is 0 Å². The van der Waals surface area contributed by atoms with Gasteiger partial charge in [-0.25, -0.2) is 0 Å². The highest BCUT2D eigenvalue weighted by atomic mass is 16.5. The van der Waals surface area contributed by atoms with Crippen molar-refractivity contribution >= 4 is 5.97 Å². The van der Waals surface area contributed by atoms with Gasteiger partial charge in [-0.2, -0.15) is 0 Å². The number of carbonyl (C=O) groups excluding carboxylic acids is 1. The summed E-state index contributed by atoms with van der Waals surface area (Å²) in [5, 5.41) is 0. The first kappa shape index (κ1) is 9.04. The minimum atomic E-state index is -0.141. The molecule has 0 spiro atoms. The Morgan fingerprint density at radius 3 is 2.83 bits per heavy atom. The SMILES string of the molecule is COC(=O)C1/C=C\CC/C=C\C1. The highest BCUT2D eigenvalue weighted by Gasteiger charge is 2.13. The lowest BCUT2D eigenvalue weighted by molar-refractivity contribution is -0.143. The molecule has 0 aromatic carbocycles. The van der Waals surface area contributed by atoms with E-state index in [4.69, 9.17) is 0 Å². The van der Waals surface area contributed by atoms with Gasteiger partial charge in [-0.3, -0.25) is 4.79 Å². The third-order valence-electron chi connectivity index (χ3n) is 1.93. The summed E-state index contributed by atoms with van der Waals surface area (Å²) >= 11 is 0. The molecule has 0 saturated heterocycles. The third kappa shape index (κ3) is 2.53. The van der Waals surface area contributed by atoms with Crippen molar-refractivity contribution in [3.63, 3.8) is 0 Å². The molecule has 0 saturated carbocycles. The fourth-order valence-corrected chi connectivity index (χ4v) is 1.22. The third-order valence-corrected chi connectivity index (χ3v) is 1.93. The second-order valence-electron chi connectivity index (χ2n) is 2.84. The van der Waals surface area contributed by atoms with E-state index in [2.05, 4.69) is 10.8 Å². The Hall–Kier alpha value is -1.05. The van der Waals surface area contributed by atoms with Crippen LogP contribution >= 0.6 is 0 Å². The summed E-state index contributed by atoms with van der Waals surface area (Å²) in [6, 6.07) is 0. The molecule has 0 aromatic rings. The lowest BCUT2D eigenvalue weighted by Gasteiger charge is -2.08. The number of allylic oxidation sites excluding steroid dienone is 3. The molecule has 1 aliphatic rings. The quantitative estimate of drug-likeness (QED) is 0.440. The van der Waals surface area contributed by atoms with Gasteiger partial charge in [-0.1, -0.05) is 24.3 Å². The molecule has 0 bridgehead atoms. The van der Waals surface area contributed by atoms with Gasteiger partial charge in [-0.05, 0) is 19.3 Å². The van der Waals surface area contributed by atoms with Crippen LogP contribution in [0.25, 0.3) is 0 Å². The maximum atomic E-state index is 11.1. The molecule has 12 heavy (non-hydrogen) atoms. The molecule has 0 fully saturated rings. The van der Waals surface area contributed by atoms with Gasteiger partial charge in [0.2, 0.25) is 0 Å². The largest absolute Gasteiger partial charge is 0.469 e. The minimum Gasteiger partial charge on any atom is -0.469 e. The summed E-state index contributed by atoms with van der Waals surface area (Å²) < 4.78 is 4.66. The van der Waals surface area contributed by atoms with Gasteiger partial charge in [0.1, 0.15) is 0 Å². The molecule has 1 rings (SSSR count). The van der Waals surface area contributed by atoms with Crippen LogP contribution in [-0.4, -0.2) is 13.1 Å². The summed E-state index contributed by atoms with van der Waals surface area (Å²) in [5.41, 5.74) is 0. The van der Waals surface area contributed by atoms with Crippen LogP contribution in [-0.2, 0) is 9.53 Å². The van der Waals surface area contributed by atoms with Crippen LogP contribution in [0.5, 0.6) is 0 Å². The summed E-state index contributed by atoms with van der Waals surface area (Å²) in [6.45, 7) is 0. The number of ether oxygens (including phenoxy) is 1. The van der Waals surface area contributed by atoms with Crippen molar-refractivity contribution in [3.05, 3.63) is 24.3 Å². The molecule has 1 unspecified atom stereocenters. The van der Waals surface area contributed by atoms with Crippen molar-refractivity contribution < 1.29 is 9.53 Å². The first-order valence-corrected chi connectivity index (χ1v) is 4.24. The predicted molar refractivity (Wildman–Crippen MR) is 47.6 cm³/mol. The molecule has 2 nitrogen and oxygen atoms in total. The number of carbonyl (C=O) groups is 1.